The molecule has 2 rings (SSSR count). The van der Waals surface area contributed by atoms with E-state index < -0.39 is 0 Å². The zero-order chi connectivity index (χ0) is 14.7. The van der Waals surface area contributed by atoms with Gasteiger partial charge in [-0.2, -0.15) is 0 Å². The van der Waals surface area contributed by atoms with Gasteiger partial charge in [-0.15, -0.1) is 0 Å². The van der Waals surface area contributed by atoms with Crippen molar-refractivity contribution in [3.63, 3.8) is 0 Å². The molecule has 0 fully saturated rings. The molecule has 106 valence electrons. The van der Waals surface area contributed by atoms with Crippen LogP contribution in [0.5, 0.6) is 5.75 Å². The minimum Gasteiger partial charge on any atom is -0.496 e. The number of nitrogens with two attached hydrogens (primary N) is 1. The van der Waals surface area contributed by atoms with Crippen LogP contribution in [0.1, 0.15) is 22.7 Å². The number of hydrogen-bond donors (Lipinski definition) is 2. The highest BCUT2D eigenvalue weighted by Crippen LogP contribution is 2.33. The first-order chi connectivity index (χ1) is 9.56. The third-order valence-electron chi connectivity index (χ3n) is 3.21. The second-order valence-electron chi connectivity index (χ2n) is 4.49. The highest BCUT2D eigenvalue weighted by atomic mass is 35.5. The van der Waals surface area contributed by atoms with Gasteiger partial charge in [0.05, 0.1) is 13.2 Å². The number of ether oxygens (including phenoxy) is 1. The van der Waals surface area contributed by atoms with Crippen LogP contribution in [0.25, 0.3) is 0 Å². The molecule has 3 N–H and O–H groups in total. The van der Waals surface area contributed by atoms with Crippen LogP contribution in [0, 0.1) is 6.92 Å². The van der Waals surface area contributed by atoms with Gasteiger partial charge in [0, 0.05) is 15.6 Å². The number of rotatable bonds is 4. The number of hydrazine groups is 1. The Morgan fingerprint density at radius 1 is 1.05 bits per heavy atom. The Labute approximate surface area is 128 Å². The van der Waals surface area contributed by atoms with Crippen molar-refractivity contribution in [2.24, 2.45) is 5.84 Å². The lowest BCUT2D eigenvalue weighted by Gasteiger charge is -2.21. The molecule has 0 amide bonds. The molecule has 0 bridgehead atoms. The van der Waals surface area contributed by atoms with E-state index >= 15 is 0 Å². The summed E-state index contributed by atoms with van der Waals surface area (Å²) >= 11 is 12.1. The molecule has 1 unspecified atom stereocenters. The van der Waals surface area contributed by atoms with E-state index in [2.05, 4.69) is 5.43 Å². The maximum Gasteiger partial charge on any atom is 0.124 e. The van der Waals surface area contributed by atoms with Gasteiger partial charge in [0.25, 0.3) is 0 Å². The first-order valence-corrected chi connectivity index (χ1v) is 6.88. The van der Waals surface area contributed by atoms with Gasteiger partial charge in [-0.1, -0.05) is 29.3 Å². The molecule has 2 aromatic carbocycles. The average molecular weight is 311 g/mol. The summed E-state index contributed by atoms with van der Waals surface area (Å²) in [7, 11) is 1.62. The molecule has 0 saturated carbocycles. The average Bonchev–Trinajstić information content (AvgIpc) is 2.42. The predicted octanol–water partition coefficient (Wildman–Crippen LogP) is 3.86. The molecular formula is C15H16Cl2N2O. The number of nitrogens with one attached hydrogen (secondary N) is 1. The minimum absolute atomic E-state index is 0.221. The number of benzene rings is 2. The van der Waals surface area contributed by atoms with Gasteiger partial charge in [-0.3, -0.25) is 5.84 Å². The Morgan fingerprint density at radius 3 is 2.30 bits per heavy atom. The van der Waals surface area contributed by atoms with Crippen LogP contribution in [0.2, 0.25) is 10.0 Å². The highest BCUT2D eigenvalue weighted by Gasteiger charge is 2.19. The lowest BCUT2D eigenvalue weighted by molar-refractivity contribution is 0.404. The maximum atomic E-state index is 6.08. The standard InChI is InChI=1S/C15H16Cl2N2O/c1-9-7-10(16)3-5-12(9)15(19-18)13-8-11(17)4-6-14(13)20-2/h3-8,15,19H,18H2,1-2H3. The fourth-order valence-corrected chi connectivity index (χ4v) is 2.65. The van der Waals surface area contributed by atoms with Gasteiger partial charge in [-0.25, -0.2) is 5.43 Å². The lowest BCUT2D eigenvalue weighted by Crippen LogP contribution is -2.29. The Morgan fingerprint density at radius 2 is 1.70 bits per heavy atom. The van der Waals surface area contributed by atoms with Crippen molar-refractivity contribution in [1.82, 2.24) is 5.43 Å². The molecule has 0 radical (unpaired) electrons. The second kappa shape index (κ2) is 6.46. The summed E-state index contributed by atoms with van der Waals surface area (Å²) in [5.41, 5.74) is 5.77. The summed E-state index contributed by atoms with van der Waals surface area (Å²) in [6.07, 6.45) is 0. The second-order valence-corrected chi connectivity index (χ2v) is 5.36. The fraction of sp³-hybridized carbons (Fsp3) is 0.200. The maximum absolute atomic E-state index is 6.08. The highest BCUT2D eigenvalue weighted by molar-refractivity contribution is 6.31. The zero-order valence-corrected chi connectivity index (χ0v) is 12.8. The smallest absolute Gasteiger partial charge is 0.124 e. The van der Waals surface area contributed by atoms with Gasteiger partial charge in [0.15, 0.2) is 0 Å². The van der Waals surface area contributed by atoms with Crippen LogP contribution in [-0.2, 0) is 0 Å². The molecule has 1 atom stereocenters. The van der Waals surface area contributed by atoms with E-state index in [1.807, 2.05) is 37.3 Å². The van der Waals surface area contributed by atoms with E-state index in [9.17, 15) is 0 Å². The monoisotopic (exact) mass is 310 g/mol. The third-order valence-corrected chi connectivity index (χ3v) is 3.68. The van der Waals surface area contributed by atoms with E-state index in [4.69, 9.17) is 33.8 Å². The lowest BCUT2D eigenvalue weighted by atomic mass is 9.95. The zero-order valence-electron chi connectivity index (χ0n) is 11.3. The topological polar surface area (TPSA) is 47.3 Å². The van der Waals surface area contributed by atoms with E-state index in [0.29, 0.717) is 10.0 Å². The number of aryl methyl sites for hydroxylation is 1. The molecule has 0 aliphatic heterocycles. The Balaban J connectivity index is 2.54. The first kappa shape index (κ1) is 15.1. The molecule has 20 heavy (non-hydrogen) atoms. The molecule has 0 aliphatic rings. The van der Waals surface area contributed by atoms with Crippen LogP contribution in [0.15, 0.2) is 36.4 Å². The SMILES string of the molecule is COc1ccc(Cl)cc1C(NN)c1ccc(Cl)cc1C. The summed E-state index contributed by atoms with van der Waals surface area (Å²) in [6, 6.07) is 10.9. The summed E-state index contributed by atoms with van der Waals surface area (Å²) < 4.78 is 5.39. The van der Waals surface area contributed by atoms with Crippen molar-refractivity contribution < 1.29 is 4.74 Å². The largest absolute Gasteiger partial charge is 0.496 e. The van der Waals surface area contributed by atoms with Crippen molar-refractivity contribution >= 4 is 23.2 Å². The Kier molecular flexibility index (Phi) is 4.89. The Hall–Kier alpha value is -1.26. The van der Waals surface area contributed by atoms with Gasteiger partial charge in [0.1, 0.15) is 5.75 Å². The first-order valence-electron chi connectivity index (χ1n) is 6.12. The molecule has 5 heteroatoms. The van der Waals surface area contributed by atoms with Crippen molar-refractivity contribution in [3.8, 4) is 5.75 Å². The van der Waals surface area contributed by atoms with E-state index in [0.717, 1.165) is 22.4 Å². The molecular weight excluding hydrogens is 295 g/mol. The molecule has 0 saturated heterocycles. The van der Waals surface area contributed by atoms with E-state index in [1.54, 1.807) is 13.2 Å². The summed E-state index contributed by atoms with van der Waals surface area (Å²) in [4.78, 5) is 0. The van der Waals surface area contributed by atoms with Gasteiger partial charge < -0.3 is 4.74 Å². The number of halogens is 2. The Bertz CT molecular complexity index is 617. The summed E-state index contributed by atoms with van der Waals surface area (Å²) in [5, 5.41) is 1.33. The van der Waals surface area contributed by atoms with Crippen LogP contribution in [0.3, 0.4) is 0 Å². The third kappa shape index (κ3) is 3.07. The van der Waals surface area contributed by atoms with Crippen molar-refractivity contribution in [2.75, 3.05) is 7.11 Å². The van der Waals surface area contributed by atoms with Crippen molar-refractivity contribution in [1.29, 1.82) is 0 Å². The normalized spacial score (nSPS) is 12.2. The summed E-state index contributed by atoms with van der Waals surface area (Å²) in [6.45, 7) is 1.99. The van der Waals surface area contributed by atoms with Gasteiger partial charge >= 0.3 is 0 Å². The molecule has 0 spiro atoms. The molecule has 0 heterocycles. The minimum atomic E-state index is -0.221. The molecule has 2 aromatic rings. The van der Waals surface area contributed by atoms with Crippen molar-refractivity contribution in [2.45, 2.75) is 13.0 Å². The molecule has 3 nitrogen and oxygen atoms in total. The molecule has 0 aromatic heterocycles. The van der Waals surface area contributed by atoms with Crippen LogP contribution < -0.4 is 16.0 Å². The van der Waals surface area contributed by atoms with Gasteiger partial charge in [0.2, 0.25) is 0 Å². The number of methoxy groups -OCH3 is 1. The van der Waals surface area contributed by atoms with Gasteiger partial charge in [-0.05, 0) is 48.4 Å². The predicted molar refractivity (Wildman–Crippen MR) is 83.4 cm³/mol. The van der Waals surface area contributed by atoms with Crippen LogP contribution in [-0.4, -0.2) is 7.11 Å². The van der Waals surface area contributed by atoms with Crippen molar-refractivity contribution in [3.05, 3.63) is 63.1 Å². The summed E-state index contributed by atoms with van der Waals surface area (Å²) in [5.74, 6) is 6.46. The van der Waals surface area contributed by atoms with Crippen LogP contribution in [0.4, 0.5) is 0 Å². The molecule has 0 aliphatic carbocycles. The fourth-order valence-electron chi connectivity index (χ4n) is 2.24. The van der Waals surface area contributed by atoms with Crippen LogP contribution >= 0.6 is 23.2 Å². The number of hydrogen-bond acceptors (Lipinski definition) is 3. The van der Waals surface area contributed by atoms with E-state index in [-0.39, 0.29) is 6.04 Å². The quantitative estimate of drug-likeness (QED) is 0.666. The van der Waals surface area contributed by atoms with E-state index in [1.165, 1.54) is 0 Å².